The maximum absolute atomic E-state index is 13.7. The highest BCUT2D eigenvalue weighted by Gasteiger charge is 2.16. The van der Waals surface area contributed by atoms with E-state index in [9.17, 15) is 13.9 Å². The van der Waals surface area contributed by atoms with Crippen molar-refractivity contribution in [2.24, 2.45) is 0 Å². The molecule has 102 valence electrons. The summed E-state index contributed by atoms with van der Waals surface area (Å²) >= 11 is 0. The molecule has 0 fully saturated rings. The van der Waals surface area contributed by atoms with Crippen LogP contribution in [0.4, 0.5) is 8.78 Å². The molecule has 0 aliphatic heterocycles. The van der Waals surface area contributed by atoms with Crippen molar-refractivity contribution < 1.29 is 18.6 Å². The van der Waals surface area contributed by atoms with Gasteiger partial charge in [0.05, 0.1) is 12.2 Å². The molecule has 0 spiro atoms. The number of aliphatic hydroxyl groups is 1. The van der Waals surface area contributed by atoms with Gasteiger partial charge in [0.25, 0.3) is 0 Å². The van der Waals surface area contributed by atoms with Crippen LogP contribution in [0.3, 0.4) is 0 Å². The first-order chi connectivity index (χ1) is 9.17. The molecule has 0 aliphatic rings. The highest BCUT2D eigenvalue weighted by Crippen LogP contribution is 2.22. The molecule has 0 bridgehead atoms. The van der Waals surface area contributed by atoms with Gasteiger partial charge in [-0.25, -0.2) is 8.78 Å². The van der Waals surface area contributed by atoms with Crippen molar-refractivity contribution in [1.82, 2.24) is 14.8 Å². The van der Waals surface area contributed by atoms with Crippen LogP contribution in [0.25, 0.3) is 11.4 Å². The summed E-state index contributed by atoms with van der Waals surface area (Å²) in [4.78, 5) is 0. The van der Waals surface area contributed by atoms with Crippen molar-refractivity contribution in [3.05, 3.63) is 35.7 Å². The molecule has 2 rings (SSSR count). The predicted molar refractivity (Wildman–Crippen MR) is 63.2 cm³/mol. The van der Waals surface area contributed by atoms with Crippen molar-refractivity contribution in [3.63, 3.8) is 0 Å². The molecule has 1 aromatic carbocycles. The largest absolute Gasteiger partial charge is 0.388 e. The van der Waals surface area contributed by atoms with E-state index >= 15 is 0 Å². The Morgan fingerprint density at radius 2 is 2.11 bits per heavy atom. The summed E-state index contributed by atoms with van der Waals surface area (Å²) in [5, 5.41) is 16.8. The van der Waals surface area contributed by atoms with E-state index in [1.807, 2.05) is 0 Å². The predicted octanol–water partition coefficient (Wildman–Crippen LogP) is 1.36. The van der Waals surface area contributed by atoms with Gasteiger partial charge in [0.2, 0.25) is 0 Å². The number of nitrogens with zero attached hydrogens (tertiary/aromatic N) is 3. The van der Waals surface area contributed by atoms with Gasteiger partial charge in [-0.2, -0.15) is 0 Å². The number of benzene rings is 1. The normalized spacial score (nSPS) is 10.9. The number of hydrogen-bond donors (Lipinski definition) is 1. The first-order valence-electron chi connectivity index (χ1n) is 5.64. The van der Waals surface area contributed by atoms with E-state index in [-0.39, 0.29) is 18.0 Å². The summed E-state index contributed by atoms with van der Waals surface area (Å²) < 4.78 is 33.1. The average Bonchev–Trinajstić information content (AvgIpc) is 2.79. The Morgan fingerprint density at radius 1 is 1.32 bits per heavy atom. The first kappa shape index (κ1) is 13.6. The van der Waals surface area contributed by atoms with Crippen LogP contribution in [-0.4, -0.2) is 33.6 Å². The zero-order valence-corrected chi connectivity index (χ0v) is 10.3. The van der Waals surface area contributed by atoms with Crippen molar-refractivity contribution in [2.75, 3.05) is 13.7 Å². The lowest BCUT2D eigenvalue weighted by Gasteiger charge is -2.09. The van der Waals surface area contributed by atoms with Gasteiger partial charge in [-0.05, 0) is 12.1 Å². The van der Waals surface area contributed by atoms with E-state index in [1.54, 1.807) is 4.57 Å². The van der Waals surface area contributed by atoms with Crippen molar-refractivity contribution in [3.8, 4) is 11.4 Å². The number of hydrogen-bond acceptors (Lipinski definition) is 4. The zero-order valence-electron chi connectivity index (χ0n) is 10.3. The van der Waals surface area contributed by atoms with Crippen LogP contribution in [-0.2, 0) is 17.9 Å². The lowest BCUT2D eigenvalue weighted by Crippen LogP contribution is -2.10. The quantitative estimate of drug-likeness (QED) is 0.890. The summed E-state index contributed by atoms with van der Waals surface area (Å²) in [7, 11) is 1.53. The standard InChI is InChI=1S/C12H13F2N3O2/c1-19-5-4-17-11(7-18)15-16-12(17)9-3-2-8(13)6-10(9)14/h2-3,6,18H,4-5,7H2,1H3. The van der Waals surface area contributed by atoms with Gasteiger partial charge in [-0.1, -0.05) is 0 Å². The lowest BCUT2D eigenvalue weighted by molar-refractivity contribution is 0.183. The molecule has 0 radical (unpaired) electrons. The molecule has 19 heavy (non-hydrogen) atoms. The minimum atomic E-state index is -0.726. The maximum Gasteiger partial charge on any atom is 0.167 e. The fraction of sp³-hybridized carbons (Fsp3) is 0.333. The van der Waals surface area contributed by atoms with Crippen LogP contribution in [0, 0.1) is 11.6 Å². The summed E-state index contributed by atoms with van der Waals surface area (Å²) in [6.07, 6.45) is 0. The van der Waals surface area contributed by atoms with Gasteiger partial charge >= 0.3 is 0 Å². The molecule has 7 heteroatoms. The molecule has 2 aromatic rings. The topological polar surface area (TPSA) is 60.2 Å². The lowest BCUT2D eigenvalue weighted by atomic mass is 10.2. The molecule has 0 saturated heterocycles. The van der Waals surface area contributed by atoms with Gasteiger partial charge in [-0.3, -0.25) is 0 Å². The highest BCUT2D eigenvalue weighted by atomic mass is 19.1. The van der Waals surface area contributed by atoms with Crippen molar-refractivity contribution in [1.29, 1.82) is 0 Å². The van der Waals surface area contributed by atoms with Crippen molar-refractivity contribution in [2.45, 2.75) is 13.2 Å². The highest BCUT2D eigenvalue weighted by molar-refractivity contribution is 5.56. The second-order valence-corrected chi connectivity index (χ2v) is 3.87. The van der Waals surface area contributed by atoms with Crippen LogP contribution in [0.2, 0.25) is 0 Å². The Labute approximate surface area is 108 Å². The van der Waals surface area contributed by atoms with Gasteiger partial charge in [0.15, 0.2) is 11.6 Å². The first-order valence-corrected chi connectivity index (χ1v) is 5.64. The number of aromatic nitrogens is 3. The minimum absolute atomic E-state index is 0.129. The molecule has 0 unspecified atom stereocenters. The molecule has 0 saturated carbocycles. The smallest absolute Gasteiger partial charge is 0.167 e. The third-order valence-corrected chi connectivity index (χ3v) is 2.66. The molecule has 1 heterocycles. The third-order valence-electron chi connectivity index (χ3n) is 2.66. The second-order valence-electron chi connectivity index (χ2n) is 3.87. The molecular weight excluding hydrogens is 256 g/mol. The Morgan fingerprint density at radius 3 is 2.74 bits per heavy atom. The second kappa shape index (κ2) is 5.85. The summed E-state index contributed by atoms with van der Waals surface area (Å²) in [6.45, 7) is 0.409. The number of halogens is 2. The fourth-order valence-corrected chi connectivity index (χ4v) is 1.74. The van der Waals surface area contributed by atoms with Crippen LogP contribution in [0.15, 0.2) is 18.2 Å². The summed E-state index contributed by atoms with van der Waals surface area (Å²) in [5.74, 6) is -0.850. The zero-order chi connectivity index (χ0) is 13.8. The number of aliphatic hydroxyl groups excluding tert-OH is 1. The van der Waals surface area contributed by atoms with Crippen molar-refractivity contribution >= 4 is 0 Å². The summed E-state index contributed by atoms with van der Waals surface area (Å²) in [5.41, 5.74) is 0.129. The van der Waals surface area contributed by atoms with Crippen LogP contribution >= 0.6 is 0 Å². The van der Waals surface area contributed by atoms with Crippen LogP contribution < -0.4 is 0 Å². The molecule has 1 aromatic heterocycles. The van der Waals surface area contributed by atoms with Crippen LogP contribution in [0.1, 0.15) is 5.82 Å². The minimum Gasteiger partial charge on any atom is -0.388 e. The van der Waals surface area contributed by atoms with E-state index in [4.69, 9.17) is 4.74 Å². The number of methoxy groups -OCH3 is 1. The number of ether oxygens (including phenoxy) is 1. The van der Waals surface area contributed by atoms with Gasteiger partial charge in [0.1, 0.15) is 18.2 Å². The maximum atomic E-state index is 13.7. The van der Waals surface area contributed by atoms with E-state index in [1.165, 1.54) is 13.2 Å². The summed E-state index contributed by atoms with van der Waals surface area (Å²) in [6, 6.07) is 3.22. The molecule has 5 nitrogen and oxygen atoms in total. The molecule has 0 aliphatic carbocycles. The van der Waals surface area contributed by atoms with Gasteiger partial charge in [-0.15, -0.1) is 10.2 Å². The van der Waals surface area contributed by atoms with Crippen LogP contribution in [0.5, 0.6) is 0 Å². The Balaban J connectivity index is 2.46. The monoisotopic (exact) mass is 269 g/mol. The van der Waals surface area contributed by atoms with Gasteiger partial charge in [0, 0.05) is 19.7 Å². The SMILES string of the molecule is COCCn1c(CO)nnc1-c1ccc(F)cc1F. The molecule has 0 atom stereocenters. The van der Waals surface area contributed by atoms with E-state index in [2.05, 4.69) is 10.2 Å². The average molecular weight is 269 g/mol. The van der Waals surface area contributed by atoms with Gasteiger partial charge < -0.3 is 14.4 Å². The molecule has 1 N–H and O–H groups in total. The number of rotatable bonds is 5. The Hall–Kier alpha value is -1.86. The Kier molecular flexibility index (Phi) is 4.18. The Bertz CT molecular complexity index is 572. The van der Waals surface area contributed by atoms with E-state index in [0.29, 0.717) is 19.0 Å². The van der Waals surface area contributed by atoms with E-state index < -0.39 is 11.6 Å². The third kappa shape index (κ3) is 2.77. The molecule has 0 amide bonds. The fourth-order valence-electron chi connectivity index (χ4n) is 1.74. The molecular formula is C12H13F2N3O2. The van der Waals surface area contributed by atoms with E-state index in [0.717, 1.165) is 12.1 Å².